The molecule has 0 spiro atoms. The predicted octanol–water partition coefficient (Wildman–Crippen LogP) is 2.09. The first-order chi connectivity index (χ1) is 12.2. The Morgan fingerprint density at radius 3 is 2.68 bits per heavy atom. The Morgan fingerprint density at radius 2 is 1.96 bits per heavy atom. The first-order valence-electron chi connectivity index (χ1n) is 7.95. The number of carbonyl (C=O) groups excluding carboxylic acids is 1. The van der Waals surface area contributed by atoms with Crippen LogP contribution in [-0.2, 0) is 11.3 Å². The fraction of sp³-hybridized carbons (Fsp3) is 0.222. The molecule has 7 heteroatoms. The number of aromatic nitrogens is 2. The standard InChI is InChI=1S/C18H20N4O3/c1-25-14-8-6-13(7-9-14)20-17(24)12-22-16-5-3-2-4-15(16)21-18(22)19-10-11-23/h2-9,23H,10-12H2,1H3,(H,19,21)(H,20,24). The molecule has 130 valence electrons. The van der Waals surface area contributed by atoms with Crippen LogP contribution in [0.4, 0.5) is 11.6 Å². The minimum Gasteiger partial charge on any atom is -0.497 e. The molecule has 0 aliphatic rings. The fourth-order valence-corrected chi connectivity index (χ4v) is 2.56. The van der Waals surface area contributed by atoms with Crippen LogP contribution in [0.15, 0.2) is 48.5 Å². The first-order valence-corrected chi connectivity index (χ1v) is 7.95. The molecule has 0 saturated carbocycles. The van der Waals surface area contributed by atoms with Crippen LogP contribution >= 0.6 is 0 Å². The molecule has 0 aliphatic heterocycles. The Morgan fingerprint density at radius 1 is 1.20 bits per heavy atom. The zero-order chi connectivity index (χ0) is 17.6. The number of anilines is 2. The Kier molecular flexibility index (Phi) is 5.15. The van der Waals surface area contributed by atoms with Gasteiger partial charge in [-0.25, -0.2) is 4.98 Å². The van der Waals surface area contributed by atoms with Gasteiger partial charge in [-0.3, -0.25) is 4.79 Å². The molecule has 3 aromatic rings. The van der Waals surface area contributed by atoms with Crippen molar-refractivity contribution in [1.82, 2.24) is 9.55 Å². The number of carbonyl (C=O) groups is 1. The average molecular weight is 340 g/mol. The van der Waals surface area contributed by atoms with Crippen LogP contribution in [0.2, 0.25) is 0 Å². The van der Waals surface area contributed by atoms with Crippen molar-refractivity contribution in [3.8, 4) is 5.75 Å². The first kappa shape index (κ1) is 16.8. The lowest BCUT2D eigenvalue weighted by molar-refractivity contribution is -0.116. The minimum absolute atomic E-state index is 0.0126. The molecule has 7 nitrogen and oxygen atoms in total. The number of ether oxygens (including phenoxy) is 1. The summed E-state index contributed by atoms with van der Waals surface area (Å²) in [4.78, 5) is 16.9. The second-order valence-corrected chi connectivity index (χ2v) is 5.44. The van der Waals surface area contributed by atoms with Crippen LogP contribution < -0.4 is 15.4 Å². The van der Waals surface area contributed by atoms with E-state index < -0.39 is 0 Å². The molecule has 3 N–H and O–H groups in total. The Hall–Kier alpha value is -3.06. The van der Waals surface area contributed by atoms with E-state index in [-0.39, 0.29) is 19.1 Å². The number of rotatable bonds is 7. The lowest BCUT2D eigenvalue weighted by atomic mass is 10.3. The van der Waals surface area contributed by atoms with Gasteiger partial charge in [0, 0.05) is 12.2 Å². The Labute approximate surface area is 145 Å². The lowest BCUT2D eigenvalue weighted by Crippen LogP contribution is -2.21. The quantitative estimate of drug-likeness (QED) is 0.613. The number of hydrogen-bond acceptors (Lipinski definition) is 5. The minimum atomic E-state index is -0.166. The molecule has 0 fully saturated rings. The second-order valence-electron chi connectivity index (χ2n) is 5.44. The summed E-state index contributed by atoms with van der Waals surface area (Å²) in [6.07, 6.45) is 0. The number of aliphatic hydroxyl groups excluding tert-OH is 1. The zero-order valence-corrected chi connectivity index (χ0v) is 13.9. The van der Waals surface area contributed by atoms with E-state index in [1.165, 1.54) is 0 Å². The molecule has 0 saturated heterocycles. The average Bonchev–Trinajstić information content (AvgIpc) is 2.98. The van der Waals surface area contributed by atoms with E-state index >= 15 is 0 Å². The van der Waals surface area contributed by atoms with Gasteiger partial charge in [-0.05, 0) is 36.4 Å². The van der Waals surface area contributed by atoms with Crippen molar-refractivity contribution >= 4 is 28.6 Å². The Balaban J connectivity index is 1.79. The van der Waals surface area contributed by atoms with Gasteiger partial charge in [0.2, 0.25) is 11.9 Å². The number of amides is 1. The highest BCUT2D eigenvalue weighted by Gasteiger charge is 2.13. The van der Waals surface area contributed by atoms with E-state index in [1.54, 1.807) is 35.9 Å². The van der Waals surface area contributed by atoms with Gasteiger partial charge >= 0.3 is 0 Å². The largest absolute Gasteiger partial charge is 0.497 e. The van der Waals surface area contributed by atoms with Gasteiger partial charge in [-0.2, -0.15) is 0 Å². The van der Waals surface area contributed by atoms with Crippen molar-refractivity contribution in [2.45, 2.75) is 6.54 Å². The third-order valence-corrected chi connectivity index (χ3v) is 3.72. The van der Waals surface area contributed by atoms with Crippen LogP contribution in [0.1, 0.15) is 0 Å². The normalized spacial score (nSPS) is 10.6. The van der Waals surface area contributed by atoms with E-state index in [2.05, 4.69) is 15.6 Å². The second kappa shape index (κ2) is 7.67. The molecular formula is C18H20N4O3. The number of para-hydroxylation sites is 2. The highest BCUT2D eigenvalue weighted by molar-refractivity contribution is 5.92. The van der Waals surface area contributed by atoms with E-state index in [9.17, 15) is 4.79 Å². The van der Waals surface area contributed by atoms with Crippen LogP contribution in [0.5, 0.6) is 5.75 Å². The van der Waals surface area contributed by atoms with Gasteiger partial charge in [0.1, 0.15) is 12.3 Å². The smallest absolute Gasteiger partial charge is 0.244 e. The monoisotopic (exact) mass is 340 g/mol. The van der Waals surface area contributed by atoms with Crippen molar-refractivity contribution in [1.29, 1.82) is 0 Å². The van der Waals surface area contributed by atoms with Crippen molar-refractivity contribution < 1.29 is 14.6 Å². The molecule has 0 aliphatic carbocycles. The topological polar surface area (TPSA) is 88.4 Å². The predicted molar refractivity (Wildman–Crippen MR) is 96.9 cm³/mol. The van der Waals surface area contributed by atoms with Crippen LogP contribution in [-0.4, -0.2) is 40.8 Å². The van der Waals surface area contributed by atoms with Crippen molar-refractivity contribution in [2.75, 3.05) is 30.9 Å². The van der Waals surface area contributed by atoms with Crippen LogP contribution in [0.25, 0.3) is 11.0 Å². The molecule has 0 atom stereocenters. The summed E-state index contributed by atoms with van der Waals surface area (Å²) in [6.45, 7) is 0.463. The molecule has 1 aromatic heterocycles. The molecule has 1 heterocycles. The van der Waals surface area contributed by atoms with Crippen molar-refractivity contribution in [2.24, 2.45) is 0 Å². The summed E-state index contributed by atoms with van der Waals surface area (Å²) in [5, 5.41) is 14.9. The number of hydrogen-bond donors (Lipinski definition) is 3. The third kappa shape index (κ3) is 3.89. The summed E-state index contributed by atoms with van der Waals surface area (Å²) in [7, 11) is 1.60. The summed E-state index contributed by atoms with van der Waals surface area (Å²) < 4.78 is 6.90. The van der Waals surface area contributed by atoms with Crippen LogP contribution in [0.3, 0.4) is 0 Å². The molecule has 0 bridgehead atoms. The molecular weight excluding hydrogens is 320 g/mol. The molecule has 0 unspecified atom stereocenters. The van der Waals surface area contributed by atoms with Gasteiger partial charge < -0.3 is 25.0 Å². The highest BCUT2D eigenvalue weighted by atomic mass is 16.5. The fourth-order valence-electron chi connectivity index (χ4n) is 2.56. The maximum absolute atomic E-state index is 12.4. The number of benzene rings is 2. The van der Waals surface area contributed by atoms with Crippen molar-refractivity contribution in [3.63, 3.8) is 0 Å². The summed E-state index contributed by atoms with van der Waals surface area (Å²) >= 11 is 0. The number of imidazole rings is 1. The van der Waals surface area contributed by atoms with E-state index in [0.29, 0.717) is 18.2 Å². The molecule has 0 radical (unpaired) electrons. The number of fused-ring (bicyclic) bond motifs is 1. The highest BCUT2D eigenvalue weighted by Crippen LogP contribution is 2.20. The number of nitrogens with one attached hydrogen (secondary N) is 2. The van der Waals surface area contributed by atoms with Gasteiger partial charge in [0.15, 0.2) is 0 Å². The van der Waals surface area contributed by atoms with E-state index in [1.807, 2.05) is 24.3 Å². The number of aliphatic hydroxyl groups is 1. The summed E-state index contributed by atoms with van der Waals surface area (Å²) in [5.74, 6) is 1.12. The maximum atomic E-state index is 12.4. The van der Waals surface area contributed by atoms with Crippen molar-refractivity contribution in [3.05, 3.63) is 48.5 Å². The Bertz CT molecular complexity index is 858. The molecule has 2 aromatic carbocycles. The van der Waals surface area contributed by atoms with Gasteiger partial charge in [0.25, 0.3) is 0 Å². The molecule has 25 heavy (non-hydrogen) atoms. The summed E-state index contributed by atoms with van der Waals surface area (Å²) in [6, 6.07) is 14.7. The van der Waals surface area contributed by atoms with E-state index in [4.69, 9.17) is 9.84 Å². The maximum Gasteiger partial charge on any atom is 0.244 e. The third-order valence-electron chi connectivity index (χ3n) is 3.72. The van der Waals surface area contributed by atoms with E-state index in [0.717, 1.165) is 16.8 Å². The van der Waals surface area contributed by atoms with Gasteiger partial charge in [0.05, 0.1) is 24.8 Å². The molecule has 1 amide bonds. The van der Waals surface area contributed by atoms with Crippen LogP contribution in [0, 0.1) is 0 Å². The summed E-state index contributed by atoms with van der Waals surface area (Å²) in [5.41, 5.74) is 2.34. The zero-order valence-electron chi connectivity index (χ0n) is 13.9. The number of nitrogens with zero attached hydrogens (tertiary/aromatic N) is 2. The van der Waals surface area contributed by atoms with Gasteiger partial charge in [-0.1, -0.05) is 12.1 Å². The lowest BCUT2D eigenvalue weighted by Gasteiger charge is -2.11. The molecule has 3 rings (SSSR count). The SMILES string of the molecule is COc1ccc(NC(=O)Cn2c(NCCO)nc3ccccc32)cc1. The number of methoxy groups -OCH3 is 1. The van der Waals surface area contributed by atoms with Gasteiger partial charge in [-0.15, -0.1) is 0 Å².